The molecule has 0 N–H and O–H groups in total. The third-order valence-electron chi connectivity index (χ3n) is 1.72. The Morgan fingerprint density at radius 3 is 2.42 bits per heavy atom. The molecule has 19 heavy (non-hydrogen) atoms. The molecule has 6 heteroatoms. The van der Waals surface area contributed by atoms with Crippen LogP contribution in [0.2, 0.25) is 0 Å². The highest BCUT2D eigenvalue weighted by atomic mass is 17.2. The van der Waals surface area contributed by atoms with Gasteiger partial charge in [-0.25, -0.2) is 0 Å². The molecule has 0 saturated carbocycles. The lowest BCUT2D eigenvalue weighted by Gasteiger charge is -2.15. The molecule has 0 aliphatic heterocycles. The van der Waals surface area contributed by atoms with E-state index in [2.05, 4.69) is 14.9 Å². The predicted octanol–water partition coefficient (Wildman–Crippen LogP) is 2.80. The van der Waals surface area contributed by atoms with Crippen LogP contribution in [-0.2, 0) is 14.6 Å². The molecular weight excluding hydrogens is 248 g/mol. The van der Waals surface area contributed by atoms with Gasteiger partial charge in [0.05, 0.1) is 0 Å². The summed E-state index contributed by atoms with van der Waals surface area (Å²) < 4.78 is 0. The molecule has 0 heterocycles. The van der Waals surface area contributed by atoms with Gasteiger partial charge in [-0.1, -0.05) is 35.5 Å². The van der Waals surface area contributed by atoms with Crippen molar-refractivity contribution in [2.75, 3.05) is 0 Å². The molecule has 0 radical (unpaired) electrons. The van der Waals surface area contributed by atoms with Crippen molar-refractivity contribution in [3.8, 4) is 6.07 Å². The molecule has 0 aliphatic rings. The van der Waals surface area contributed by atoms with E-state index in [1.807, 2.05) is 6.07 Å². The van der Waals surface area contributed by atoms with Crippen molar-refractivity contribution in [1.29, 1.82) is 5.26 Å². The second-order valence-corrected chi connectivity index (χ2v) is 4.54. The minimum atomic E-state index is -1.14. The highest BCUT2D eigenvalue weighted by Gasteiger charge is 2.16. The molecule has 100 valence electrons. The predicted molar refractivity (Wildman–Crippen MR) is 67.0 cm³/mol. The van der Waals surface area contributed by atoms with Gasteiger partial charge in [-0.2, -0.15) is 14.9 Å². The molecule has 1 aromatic rings. The number of carbonyl (C=O) groups is 1. The normalized spacial score (nSPS) is 11.6. The van der Waals surface area contributed by atoms with Crippen LogP contribution >= 0.6 is 0 Å². The lowest BCUT2D eigenvalue weighted by molar-refractivity contribution is -0.312. The maximum Gasteiger partial charge on any atom is 0.567 e. The van der Waals surface area contributed by atoms with Gasteiger partial charge in [0.25, 0.3) is 0 Å². The quantitative estimate of drug-likeness (QED) is 0.362. The Balaban J connectivity index is 2.60. The Bertz CT molecular complexity index is 498. The van der Waals surface area contributed by atoms with Crippen molar-refractivity contribution in [3.63, 3.8) is 0 Å². The van der Waals surface area contributed by atoms with E-state index >= 15 is 0 Å². The van der Waals surface area contributed by atoms with E-state index in [9.17, 15) is 4.79 Å². The van der Waals surface area contributed by atoms with Crippen LogP contribution < -0.4 is 0 Å². The summed E-state index contributed by atoms with van der Waals surface area (Å²) in [4.78, 5) is 24.7. The molecule has 0 aliphatic carbocycles. The highest BCUT2D eigenvalue weighted by molar-refractivity contribution is 6.11. The zero-order valence-corrected chi connectivity index (χ0v) is 10.9. The van der Waals surface area contributed by atoms with Crippen molar-refractivity contribution < 1.29 is 19.4 Å². The maximum absolute atomic E-state index is 11.2. The average molecular weight is 262 g/mol. The van der Waals surface area contributed by atoms with Gasteiger partial charge in [-0.05, 0) is 20.8 Å². The van der Waals surface area contributed by atoms with Gasteiger partial charge in [0, 0.05) is 5.56 Å². The summed E-state index contributed by atoms with van der Waals surface area (Å²) in [7, 11) is 0. The lowest BCUT2D eigenvalue weighted by Crippen LogP contribution is -2.21. The van der Waals surface area contributed by atoms with E-state index in [1.54, 1.807) is 51.1 Å². The number of carbonyl (C=O) groups excluding carboxylic acids is 1. The molecule has 0 bridgehead atoms. The van der Waals surface area contributed by atoms with E-state index < -0.39 is 11.8 Å². The first-order valence-electron chi connectivity index (χ1n) is 5.52. The van der Waals surface area contributed by atoms with Crippen LogP contribution in [-0.4, -0.2) is 17.5 Å². The summed E-state index contributed by atoms with van der Waals surface area (Å²) in [6, 6.07) is 10.4. The first-order chi connectivity index (χ1) is 8.92. The number of nitriles is 1. The third kappa shape index (κ3) is 5.66. The lowest BCUT2D eigenvalue weighted by atomic mass is 10.1. The Labute approximate surface area is 111 Å². The summed E-state index contributed by atoms with van der Waals surface area (Å²) in [5.74, 6) is 0. The van der Waals surface area contributed by atoms with Gasteiger partial charge in [-0.15, -0.1) is 0 Å². The van der Waals surface area contributed by atoms with Crippen LogP contribution in [0.25, 0.3) is 0 Å². The zero-order valence-electron chi connectivity index (χ0n) is 10.9. The topological polar surface area (TPSA) is 80.9 Å². The van der Waals surface area contributed by atoms with E-state index in [0.717, 1.165) is 0 Å². The summed E-state index contributed by atoms with van der Waals surface area (Å²) >= 11 is 0. The van der Waals surface area contributed by atoms with Gasteiger partial charge in [0.1, 0.15) is 11.7 Å². The van der Waals surface area contributed by atoms with E-state index in [0.29, 0.717) is 5.56 Å². The largest absolute Gasteiger partial charge is 0.567 e. The van der Waals surface area contributed by atoms with Crippen LogP contribution in [0, 0.1) is 11.3 Å². The number of hydrogen-bond donors (Lipinski definition) is 0. The van der Waals surface area contributed by atoms with Gasteiger partial charge < -0.3 is 0 Å². The van der Waals surface area contributed by atoms with E-state index in [4.69, 9.17) is 10.1 Å². The van der Waals surface area contributed by atoms with E-state index in [-0.39, 0.29) is 5.71 Å². The maximum atomic E-state index is 11.2. The van der Waals surface area contributed by atoms with Crippen LogP contribution in [0.3, 0.4) is 0 Å². The first-order valence-corrected chi connectivity index (χ1v) is 5.52. The van der Waals surface area contributed by atoms with Gasteiger partial charge in [0.15, 0.2) is 5.71 Å². The number of rotatable bonds is 3. The average Bonchev–Trinajstić information content (AvgIpc) is 2.37. The van der Waals surface area contributed by atoms with Crippen molar-refractivity contribution in [2.24, 2.45) is 5.16 Å². The molecule has 0 spiro atoms. The Morgan fingerprint density at radius 2 is 1.89 bits per heavy atom. The van der Waals surface area contributed by atoms with Crippen LogP contribution in [0.1, 0.15) is 26.3 Å². The van der Waals surface area contributed by atoms with Crippen LogP contribution in [0.15, 0.2) is 35.5 Å². The first kappa shape index (κ1) is 14.7. The molecule has 0 saturated heterocycles. The van der Waals surface area contributed by atoms with Crippen molar-refractivity contribution >= 4 is 11.9 Å². The molecule has 0 amide bonds. The van der Waals surface area contributed by atoms with Crippen LogP contribution in [0.4, 0.5) is 4.79 Å². The fraction of sp³-hybridized carbons (Fsp3) is 0.308. The Hall–Kier alpha value is -2.39. The molecule has 1 rings (SSSR count). The van der Waals surface area contributed by atoms with Gasteiger partial charge in [0.2, 0.25) is 0 Å². The Morgan fingerprint density at radius 1 is 1.26 bits per heavy atom. The second kappa shape index (κ2) is 6.52. The smallest absolute Gasteiger partial charge is 0.279 e. The summed E-state index contributed by atoms with van der Waals surface area (Å²) in [5.41, 5.74) is -0.150. The number of nitrogens with zero attached hydrogens (tertiary/aromatic N) is 2. The number of hydrogen-bond acceptors (Lipinski definition) is 6. The third-order valence-corrected chi connectivity index (χ3v) is 1.72. The highest BCUT2D eigenvalue weighted by Crippen LogP contribution is 2.08. The molecule has 0 unspecified atom stereocenters. The van der Waals surface area contributed by atoms with Crippen molar-refractivity contribution in [3.05, 3.63) is 35.9 Å². The van der Waals surface area contributed by atoms with Crippen molar-refractivity contribution in [1.82, 2.24) is 0 Å². The fourth-order valence-corrected chi connectivity index (χ4v) is 0.991. The number of benzene rings is 1. The molecule has 6 nitrogen and oxygen atoms in total. The van der Waals surface area contributed by atoms with Crippen molar-refractivity contribution in [2.45, 2.75) is 26.4 Å². The second-order valence-electron chi connectivity index (χ2n) is 4.54. The standard InChI is InChI=1S/C13H14N2O4/c1-13(2,3)19-18-12(16)17-15-11(9-14)10-7-5-4-6-8-10/h4-8H,1-3H3. The molecule has 0 atom stereocenters. The number of oxime groups is 1. The fourth-order valence-electron chi connectivity index (χ4n) is 0.991. The molecule has 0 fully saturated rings. The SMILES string of the molecule is CC(C)(C)OOC(=O)ON=C(C#N)c1ccccc1. The Kier molecular flexibility index (Phi) is 5.03. The van der Waals surface area contributed by atoms with Crippen LogP contribution in [0.5, 0.6) is 0 Å². The summed E-state index contributed by atoms with van der Waals surface area (Å²) in [5, 5.41) is 12.3. The minimum Gasteiger partial charge on any atom is -0.279 e. The molecule has 1 aromatic carbocycles. The van der Waals surface area contributed by atoms with Gasteiger partial charge >= 0.3 is 6.16 Å². The van der Waals surface area contributed by atoms with Gasteiger partial charge in [-0.3, -0.25) is 9.73 Å². The van der Waals surface area contributed by atoms with E-state index in [1.165, 1.54) is 0 Å². The summed E-state index contributed by atoms with van der Waals surface area (Å²) in [6.07, 6.45) is -1.14. The summed E-state index contributed by atoms with van der Waals surface area (Å²) in [6.45, 7) is 5.11. The minimum absolute atomic E-state index is 0.0340. The molecular formula is C13H14N2O4. The zero-order chi connectivity index (χ0) is 14.3. The molecule has 0 aromatic heterocycles. The monoisotopic (exact) mass is 262 g/mol.